The van der Waals surface area contributed by atoms with Crippen molar-refractivity contribution in [1.29, 1.82) is 0 Å². The van der Waals surface area contributed by atoms with Gasteiger partial charge in [0.15, 0.2) is 17.0 Å². The highest BCUT2D eigenvalue weighted by Gasteiger charge is 2.20. The molecule has 1 aliphatic rings. The minimum absolute atomic E-state index is 0.139. The number of hydrogen-bond acceptors (Lipinski definition) is 5. The minimum atomic E-state index is -0.759. The molecule has 2 aromatic heterocycles. The molecule has 3 rings (SSSR count). The van der Waals surface area contributed by atoms with Crippen LogP contribution in [0.15, 0.2) is 18.5 Å². The van der Waals surface area contributed by atoms with Crippen molar-refractivity contribution in [2.75, 3.05) is 18.5 Å². The van der Waals surface area contributed by atoms with Gasteiger partial charge in [0, 0.05) is 13.2 Å². The Morgan fingerprint density at radius 1 is 1.43 bits per heavy atom. The SMILES string of the molecule is C=C(C)CCNc1nc(F)nc2c1ncn2C1CCCCCO1. The predicted octanol–water partition coefficient (Wildman–Crippen LogP) is 3.43. The van der Waals surface area contributed by atoms with Gasteiger partial charge in [-0.3, -0.25) is 4.57 Å². The average molecular weight is 319 g/mol. The summed E-state index contributed by atoms with van der Waals surface area (Å²) in [6.45, 7) is 7.15. The first kappa shape index (κ1) is 15.9. The van der Waals surface area contributed by atoms with Gasteiger partial charge in [0.1, 0.15) is 6.23 Å². The van der Waals surface area contributed by atoms with E-state index in [9.17, 15) is 4.39 Å². The van der Waals surface area contributed by atoms with Gasteiger partial charge in [0.05, 0.1) is 6.33 Å². The number of imidazole rings is 1. The van der Waals surface area contributed by atoms with Crippen LogP contribution in [0, 0.1) is 6.08 Å². The molecule has 1 aliphatic heterocycles. The molecule has 1 saturated heterocycles. The molecule has 6 nitrogen and oxygen atoms in total. The molecule has 1 atom stereocenters. The van der Waals surface area contributed by atoms with E-state index in [2.05, 4.69) is 26.8 Å². The number of anilines is 1. The summed E-state index contributed by atoms with van der Waals surface area (Å²) in [5.74, 6) is 0.418. The monoisotopic (exact) mass is 319 g/mol. The molecule has 0 radical (unpaired) electrons. The van der Waals surface area contributed by atoms with Crippen molar-refractivity contribution in [3.8, 4) is 0 Å². The Hall–Kier alpha value is -2.02. The number of rotatable bonds is 5. The van der Waals surface area contributed by atoms with Crippen LogP contribution in [-0.2, 0) is 4.74 Å². The maximum atomic E-state index is 13.8. The van der Waals surface area contributed by atoms with Gasteiger partial charge in [-0.2, -0.15) is 14.4 Å². The molecule has 0 saturated carbocycles. The van der Waals surface area contributed by atoms with Gasteiger partial charge in [-0.15, -0.1) is 6.58 Å². The molecular weight excluding hydrogens is 297 g/mol. The molecule has 0 spiro atoms. The van der Waals surface area contributed by atoms with Crippen molar-refractivity contribution in [3.63, 3.8) is 0 Å². The highest BCUT2D eigenvalue weighted by molar-refractivity contribution is 5.82. The standard InChI is InChI=1S/C16H22FN5O/c1-11(2)7-8-18-14-13-15(21-16(17)20-14)22(10-19-13)12-6-4-3-5-9-23-12/h10,12H,1,3-9H2,2H3,(H,18,20,21). The van der Waals surface area contributed by atoms with Crippen molar-refractivity contribution < 1.29 is 9.13 Å². The smallest absolute Gasteiger partial charge is 0.312 e. The van der Waals surface area contributed by atoms with Gasteiger partial charge >= 0.3 is 6.08 Å². The molecule has 1 fully saturated rings. The van der Waals surface area contributed by atoms with Gasteiger partial charge in [-0.05, 0) is 32.6 Å². The lowest BCUT2D eigenvalue weighted by Crippen LogP contribution is -2.13. The number of nitrogens with zero attached hydrogens (tertiary/aromatic N) is 4. The van der Waals surface area contributed by atoms with Crippen LogP contribution < -0.4 is 5.32 Å². The summed E-state index contributed by atoms with van der Waals surface area (Å²) in [6.07, 6.45) is 5.74. The Bertz CT molecular complexity index is 691. The highest BCUT2D eigenvalue weighted by Crippen LogP contribution is 2.27. The number of fused-ring (bicyclic) bond motifs is 1. The molecule has 0 aromatic carbocycles. The first-order valence-corrected chi connectivity index (χ1v) is 8.05. The fourth-order valence-electron chi connectivity index (χ4n) is 2.74. The number of nitrogens with one attached hydrogen (secondary N) is 1. The molecule has 0 amide bonds. The molecule has 7 heteroatoms. The summed E-state index contributed by atoms with van der Waals surface area (Å²) >= 11 is 0. The van der Waals surface area contributed by atoms with Gasteiger partial charge in [0.25, 0.3) is 0 Å². The second-order valence-corrected chi connectivity index (χ2v) is 5.97. The van der Waals surface area contributed by atoms with Crippen LogP contribution in [0.2, 0.25) is 0 Å². The van der Waals surface area contributed by atoms with E-state index in [1.54, 1.807) is 6.33 Å². The van der Waals surface area contributed by atoms with Crippen LogP contribution in [0.3, 0.4) is 0 Å². The van der Waals surface area contributed by atoms with Crippen LogP contribution in [0.4, 0.5) is 10.2 Å². The quantitative estimate of drug-likeness (QED) is 0.675. The number of ether oxygens (including phenoxy) is 1. The van der Waals surface area contributed by atoms with E-state index in [-0.39, 0.29) is 6.23 Å². The van der Waals surface area contributed by atoms with Crippen molar-refractivity contribution in [3.05, 3.63) is 24.6 Å². The first-order chi connectivity index (χ1) is 11.1. The molecule has 2 aromatic rings. The maximum Gasteiger partial charge on any atom is 0.312 e. The molecule has 1 N–H and O–H groups in total. The maximum absolute atomic E-state index is 13.8. The second-order valence-electron chi connectivity index (χ2n) is 5.97. The van der Waals surface area contributed by atoms with Crippen LogP contribution in [0.5, 0.6) is 0 Å². The molecule has 23 heavy (non-hydrogen) atoms. The van der Waals surface area contributed by atoms with E-state index < -0.39 is 6.08 Å². The van der Waals surface area contributed by atoms with E-state index in [1.165, 1.54) is 0 Å². The van der Waals surface area contributed by atoms with Crippen molar-refractivity contribution >= 4 is 17.0 Å². The summed E-state index contributed by atoms with van der Waals surface area (Å²) in [5.41, 5.74) is 2.10. The van der Waals surface area contributed by atoms with Crippen molar-refractivity contribution in [2.45, 2.75) is 45.3 Å². The van der Waals surface area contributed by atoms with E-state index in [0.717, 1.165) is 37.7 Å². The fraction of sp³-hybridized carbons (Fsp3) is 0.562. The third kappa shape index (κ3) is 3.67. The zero-order chi connectivity index (χ0) is 16.2. The summed E-state index contributed by atoms with van der Waals surface area (Å²) in [4.78, 5) is 12.1. The lowest BCUT2D eigenvalue weighted by molar-refractivity contribution is 0.00928. The van der Waals surface area contributed by atoms with Crippen LogP contribution in [-0.4, -0.2) is 32.7 Å². The second kappa shape index (κ2) is 7.04. The van der Waals surface area contributed by atoms with E-state index in [1.807, 2.05) is 11.5 Å². The molecular formula is C16H22FN5O. The van der Waals surface area contributed by atoms with E-state index in [4.69, 9.17) is 4.74 Å². The Morgan fingerprint density at radius 2 is 2.30 bits per heavy atom. The van der Waals surface area contributed by atoms with Crippen molar-refractivity contribution in [2.24, 2.45) is 0 Å². The van der Waals surface area contributed by atoms with Gasteiger partial charge in [0.2, 0.25) is 0 Å². The Balaban J connectivity index is 1.89. The van der Waals surface area contributed by atoms with Gasteiger partial charge in [-0.1, -0.05) is 12.0 Å². The van der Waals surface area contributed by atoms with Crippen molar-refractivity contribution in [1.82, 2.24) is 19.5 Å². The van der Waals surface area contributed by atoms with E-state index in [0.29, 0.717) is 30.1 Å². The predicted molar refractivity (Wildman–Crippen MR) is 86.7 cm³/mol. The van der Waals surface area contributed by atoms with Crippen LogP contribution in [0.25, 0.3) is 11.2 Å². The fourth-order valence-corrected chi connectivity index (χ4v) is 2.74. The molecule has 0 aliphatic carbocycles. The lowest BCUT2D eigenvalue weighted by Gasteiger charge is -2.16. The number of hydrogen-bond donors (Lipinski definition) is 1. The average Bonchev–Trinajstić information content (AvgIpc) is 2.74. The molecule has 0 bridgehead atoms. The van der Waals surface area contributed by atoms with E-state index >= 15 is 0 Å². The van der Waals surface area contributed by atoms with Gasteiger partial charge < -0.3 is 10.1 Å². The first-order valence-electron chi connectivity index (χ1n) is 8.05. The van der Waals surface area contributed by atoms with Crippen LogP contribution >= 0.6 is 0 Å². The lowest BCUT2D eigenvalue weighted by atomic mass is 10.2. The summed E-state index contributed by atoms with van der Waals surface area (Å²) < 4.78 is 21.5. The minimum Gasteiger partial charge on any atom is -0.368 e. The summed E-state index contributed by atoms with van der Waals surface area (Å²) in [6, 6.07) is 0. The third-order valence-corrected chi connectivity index (χ3v) is 3.95. The number of halogens is 1. The zero-order valence-electron chi connectivity index (χ0n) is 13.4. The summed E-state index contributed by atoms with van der Waals surface area (Å²) in [7, 11) is 0. The highest BCUT2D eigenvalue weighted by atomic mass is 19.1. The zero-order valence-corrected chi connectivity index (χ0v) is 13.4. The Morgan fingerprint density at radius 3 is 3.13 bits per heavy atom. The third-order valence-electron chi connectivity index (χ3n) is 3.95. The largest absolute Gasteiger partial charge is 0.368 e. The summed E-state index contributed by atoms with van der Waals surface area (Å²) in [5, 5.41) is 3.12. The van der Waals surface area contributed by atoms with Gasteiger partial charge in [-0.25, -0.2) is 4.98 Å². The van der Waals surface area contributed by atoms with Crippen LogP contribution in [0.1, 0.15) is 45.3 Å². The Kier molecular flexibility index (Phi) is 4.85. The topological polar surface area (TPSA) is 64.9 Å². The normalized spacial score (nSPS) is 18.8. The molecule has 3 heterocycles. The Labute approximate surface area is 134 Å². The number of aromatic nitrogens is 4. The molecule has 124 valence electrons. The molecule has 1 unspecified atom stereocenters.